The van der Waals surface area contributed by atoms with Gasteiger partial charge in [0.15, 0.2) is 0 Å². The molecule has 1 aliphatic heterocycles. The van der Waals surface area contributed by atoms with Crippen LogP contribution in [-0.4, -0.2) is 40.5 Å². The van der Waals surface area contributed by atoms with E-state index in [0.717, 1.165) is 0 Å². The summed E-state index contributed by atoms with van der Waals surface area (Å²) in [6, 6.07) is 3.37. The highest BCUT2D eigenvalue weighted by Gasteiger charge is 2.30. The van der Waals surface area contributed by atoms with Crippen molar-refractivity contribution < 1.29 is 14.3 Å². The molecule has 2 atom stereocenters. The summed E-state index contributed by atoms with van der Waals surface area (Å²) in [4.78, 5) is 12.9. The Morgan fingerprint density at radius 1 is 1.30 bits per heavy atom. The number of rotatable bonds is 2. The molecule has 1 aromatic heterocycles. The van der Waals surface area contributed by atoms with E-state index in [2.05, 4.69) is 14.9 Å². The SMILES string of the molecule is CC1CN(c2ccc3nonc3c2[N+](=O)[O-])CC(C)O1. The van der Waals surface area contributed by atoms with Gasteiger partial charge in [0, 0.05) is 13.1 Å². The Balaban J connectivity index is 2.10. The Bertz CT molecular complexity index is 646. The monoisotopic (exact) mass is 278 g/mol. The Kier molecular flexibility index (Phi) is 3.01. The lowest BCUT2D eigenvalue weighted by molar-refractivity contribution is -0.382. The molecule has 0 spiro atoms. The van der Waals surface area contributed by atoms with Crippen LogP contribution < -0.4 is 4.90 Å². The largest absolute Gasteiger partial charge is 0.372 e. The molecule has 2 aromatic rings. The van der Waals surface area contributed by atoms with Gasteiger partial charge in [0.2, 0.25) is 5.52 Å². The van der Waals surface area contributed by atoms with Crippen molar-refractivity contribution in [3.63, 3.8) is 0 Å². The van der Waals surface area contributed by atoms with E-state index >= 15 is 0 Å². The van der Waals surface area contributed by atoms with Gasteiger partial charge >= 0.3 is 5.69 Å². The highest BCUT2D eigenvalue weighted by molar-refractivity contribution is 5.91. The lowest BCUT2D eigenvalue weighted by Crippen LogP contribution is -2.45. The van der Waals surface area contributed by atoms with Crippen LogP contribution in [0.5, 0.6) is 0 Å². The molecule has 3 rings (SSSR count). The van der Waals surface area contributed by atoms with E-state index in [4.69, 9.17) is 4.74 Å². The summed E-state index contributed by atoms with van der Waals surface area (Å²) in [6.07, 6.45) is 0.0361. The highest BCUT2D eigenvalue weighted by atomic mass is 16.6. The maximum Gasteiger partial charge on any atom is 0.323 e. The number of morpholine rings is 1. The van der Waals surface area contributed by atoms with Gasteiger partial charge in [0.1, 0.15) is 11.2 Å². The number of anilines is 1. The van der Waals surface area contributed by atoms with Crippen LogP contribution in [0.4, 0.5) is 11.4 Å². The first-order chi connectivity index (χ1) is 9.56. The van der Waals surface area contributed by atoms with Crippen molar-refractivity contribution in [2.45, 2.75) is 26.1 Å². The summed E-state index contributed by atoms with van der Waals surface area (Å²) in [5, 5.41) is 18.7. The number of nitrogens with zero attached hydrogens (tertiary/aromatic N) is 4. The van der Waals surface area contributed by atoms with Gasteiger partial charge in [-0.3, -0.25) is 10.1 Å². The molecule has 8 heteroatoms. The van der Waals surface area contributed by atoms with E-state index < -0.39 is 4.92 Å². The van der Waals surface area contributed by atoms with Gasteiger partial charge in [-0.1, -0.05) is 0 Å². The smallest absolute Gasteiger partial charge is 0.323 e. The second-order valence-electron chi connectivity index (χ2n) is 4.98. The van der Waals surface area contributed by atoms with Crippen molar-refractivity contribution in [2.24, 2.45) is 0 Å². The minimum absolute atomic E-state index is 0.0180. The molecule has 8 nitrogen and oxygen atoms in total. The van der Waals surface area contributed by atoms with Crippen molar-refractivity contribution in [3.8, 4) is 0 Å². The summed E-state index contributed by atoms with van der Waals surface area (Å²) in [5.41, 5.74) is 1.03. The minimum atomic E-state index is -0.438. The molecule has 106 valence electrons. The fourth-order valence-corrected chi connectivity index (χ4v) is 2.64. The first-order valence-electron chi connectivity index (χ1n) is 6.36. The van der Waals surface area contributed by atoms with Crippen LogP contribution in [0.15, 0.2) is 16.8 Å². The van der Waals surface area contributed by atoms with Crippen molar-refractivity contribution in [1.29, 1.82) is 0 Å². The van der Waals surface area contributed by atoms with Gasteiger partial charge in [-0.15, -0.1) is 0 Å². The molecule has 0 radical (unpaired) electrons. The number of benzene rings is 1. The van der Waals surface area contributed by atoms with Crippen molar-refractivity contribution >= 4 is 22.4 Å². The number of fused-ring (bicyclic) bond motifs is 1. The molecule has 0 amide bonds. The van der Waals surface area contributed by atoms with Crippen molar-refractivity contribution in [2.75, 3.05) is 18.0 Å². The molecule has 2 unspecified atom stereocenters. The van der Waals surface area contributed by atoms with Crippen LogP contribution in [0.3, 0.4) is 0 Å². The average Bonchev–Trinajstić information content (AvgIpc) is 2.83. The molecule has 0 aliphatic carbocycles. The lowest BCUT2D eigenvalue weighted by atomic mass is 10.1. The third-order valence-electron chi connectivity index (χ3n) is 3.32. The summed E-state index contributed by atoms with van der Waals surface area (Å²) in [7, 11) is 0. The van der Waals surface area contributed by atoms with E-state index in [0.29, 0.717) is 24.3 Å². The number of hydrogen-bond acceptors (Lipinski definition) is 7. The van der Waals surface area contributed by atoms with Crippen LogP contribution in [-0.2, 0) is 4.74 Å². The Morgan fingerprint density at radius 3 is 2.65 bits per heavy atom. The molecule has 2 heterocycles. The van der Waals surface area contributed by atoms with Gasteiger partial charge < -0.3 is 9.64 Å². The molecule has 1 aliphatic rings. The highest BCUT2D eigenvalue weighted by Crippen LogP contribution is 2.35. The predicted molar refractivity (Wildman–Crippen MR) is 70.7 cm³/mol. The normalized spacial score (nSPS) is 23.2. The minimum Gasteiger partial charge on any atom is -0.372 e. The summed E-state index contributed by atoms with van der Waals surface area (Å²) >= 11 is 0. The van der Waals surface area contributed by atoms with Crippen LogP contribution >= 0.6 is 0 Å². The maximum atomic E-state index is 11.4. The Labute approximate surface area is 114 Å². The van der Waals surface area contributed by atoms with Gasteiger partial charge in [-0.05, 0) is 36.3 Å². The number of aromatic nitrogens is 2. The van der Waals surface area contributed by atoms with Crippen molar-refractivity contribution in [1.82, 2.24) is 10.3 Å². The average molecular weight is 278 g/mol. The standard InChI is InChI=1S/C12H14N4O4/c1-7-5-15(6-8(2)19-7)10-4-3-9-11(14-20-13-9)12(10)16(17)18/h3-4,7-8H,5-6H2,1-2H3. The number of nitro groups is 1. The number of hydrogen-bond donors (Lipinski definition) is 0. The zero-order valence-electron chi connectivity index (χ0n) is 11.1. The predicted octanol–water partition coefficient (Wildman–Crippen LogP) is 1.74. The molecule has 1 fully saturated rings. The molecule has 0 N–H and O–H groups in total. The van der Waals surface area contributed by atoms with Gasteiger partial charge in [0.05, 0.1) is 17.1 Å². The van der Waals surface area contributed by atoms with Gasteiger partial charge in [-0.25, -0.2) is 4.63 Å². The van der Waals surface area contributed by atoms with Crippen LogP contribution in [0, 0.1) is 10.1 Å². The first-order valence-corrected chi connectivity index (χ1v) is 6.36. The molecule has 20 heavy (non-hydrogen) atoms. The number of nitro benzene ring substituents is 1. The van der Waals surface area contributed by atoms with Gasteiger partial charge in [0.25, 0.3) is 0 Å². The molecule has 1 saturated heterocycles. The lowest BCUT2D eigenvalue weighted by Gasteiger charge is -2.36. The molecular weight excluding hydrogens is 264 g/mol. The van der Waals surface area contributed by atoms with Crippen LogP contribution in [0.2, 0.25) is 0 Å². The molecule has 1 aromatic carbocycles. The van der Waals surface area contributed by atoms with Crippen molar-refractivity contribution in [3.05, 3.63) is 22.2 Å². The zero-order chi connectivity index (χ0) is 14.3. The van der Waals surface area contributed by atoms with E-state index in [9.17, 15) is 10.1 Å². The summed E-state index contributed by atoms with van der Waals surface area (Å²) in [6.45, 7) is 5.10. The summed E-state index contributed by atoms with van der Waals surface area (Å²) in [5.74, 6) is 0. The van der Waals surface area contributed by atoms with E-state index in [1.165, 1.54) is 0 Å². The van der Waals surface area contributed by atoms with Crippen LogP contribution in [0.1, 0.15) is 13.8 Å². The second kappa shape index (κ2) is 4.71. The van der Waals surface area contributed by atoms with E-state index in [1.807, 2.05) is 18.7 Å². The molecule has 0 saturated carbocycles. The number of ether oxygens (including phenoxy) is 1. The zero-order valence-corrected chi connectivity index (χ0v) is 11.1. The van der Waals surface area contributed by atoms with E-state index in [-0.39, 0.29) is 23.4 Å². The van der Waals surface area contributed by atoms with Crippen LogP contribution in [0.25, 0.3) is 11.0 Å². The fourth-order valence-electron chi connectivity index (χ4n) is 2.64. The maximum absolute atomic E-state index is 11.4. The molecule has 0 bridgehead atoms. The quantitative estimate of drug-likeness (QED) is 0.610. The first kappa shape index (κ1) is 12.8. The second-order valence-corrected chi connectivity index (χ2v) is 4.98. The van der Waals surface area contributed by atoms with Gasteiger partial charge in [-0.2, -0.15) is 0 Å². The third kappa shape index (κ3) is 2.07. The topological polar surface area (TPSA) is 94.5 Å². The molecular formula is C12H14N4O4. The Morgan fingerprint density at radius 2 is 2.00 bits per heavy atom. The fraction of sp³-hybridized carbons (Fsp3) is 0.500. The third-order valence-corrected chi connectivity index (χ3v) is 3.32. The summed E-state index contributed by atoms with van der Waals surface area (Å²) < 4.78 is 10.2. The Hall–Kier alpha value is -2.22. The van der Waals surface area contributed by atoms with E-state index in [1.54, 1.807) is 12.1 Å².